The van der Waals surface area contributed by atoms with Crippen LogP contribution in [-0.4, -0.2) is 19.9 Å². The molecule has 96 valence electrons. The lowest BCUT2D eigenvalue weighted by atomic mass is 10.2. The van der Waals surface area contributed by atoms with Gasteiger partial charge in [-0.3, -0.25) is 4.68 Å². The number of nitrogens with zero attached hydrogens (tertiary/aromatic N) is 4. The highest BCUT2D eigenvalue weighted by Crippen LogP contribution is 2.24. The van der Waals surface area contributed by atoms with E-state index in [0.717, 1.165) is 0 Å². The minimum Gasteiger partial charge on any atom is -0.399 e. The number of halogens is 1. The molecule has 0 aliphatic heterocycles. The summed E-state index contributed by atoms with van der Waals surface area (Å²) >= 11 is 0. The summed E-state index contributed by atoms with van der Waals surface area (Å²) in [6, 6.07) is 6.03. The van der Waals surface area contributed by atoms with Crippen molar-refractivity contribution in [1.29, 1.82) is 0 Å². The molecular weight excluding hydrogens is 249 g/mol. The Balaban J connectivity index is 2.01. The first-order valence-corrected chi connectivity index (χ1v) is 5.52. The molecule has 0 atom stereocenters. The van der Waals surface area contributed by atoms with Gasteiger partial charge in [0.05, 0.1) is 5.56 Å². The molecule has 19 heavy (non-hydrogen) atoms. The summed E-state index contributed by atoms with van der Waals surface area (Å²) in [5.41, 5.74) is 6.60. The highest BCUT2D eigenvalue weighted by atomic mass is 19.1. The quantitative estimate of drug-likeness (QED) is 0.710. The summed E-state index contributed by atoms with van der Waals surface area (Å²) in [5.74, 6) is -0.0961. The third-order valence-corrected chi connectivity index (χ3v) is 2.59. The molecule has 0 spiro atoms. The molecule has 3 rings (SSSR count). The Bertz CT molecular complexity index is 733. The van der Waals surface area contributed by atoms with Crippen molar-refractivity contribution in [3.63, 3.8) is 0 Å². The predicted octanol–water partition coefficient (Wildman–Crippen LogP) is 1.86. The summed E-state index contributed by atoms with van der Waals surface area (Å²) in [7, 11) is 1.78. The number of nitrogen functional groups attached to an aromatic ring is 1. The van der Waals surface area contributed by atoms with Crippen molar-refractivity contribution < 1.29 is 8.91 Å². The van der Waals surface area contributed by atoms with Crippen LogP contribution in [0.1, 0.15) is 0 Å². The Labute approximate surface area is 107 Å². The molecule has 1 aromatic carbocycles. The normalized spacial score (nSPS) is 10.8. The zero-order valence-corrected chi connectivity index (χ0v) is 10.0. The standard InChI is InChI=1S/C12H10FN5O/c1-18-5-4-10(16-18)11-15-12(19-17-11)8-3-2-7(14)6-9(8)13/h2-6H,14H2,1H3. The van der Waals surface area contributed by atoms with Crippen LogP contribution in [-0.2, 0) is 7.05 Å². The average Bonchev–Trinajstić information content (AvgIpc) is 2.97. The van der Waals surface area contributed by atoms with Crippen molar-refractivity contribution in [2.45, 2.75) is 0 Å². The fourth-order valence-electron chi connectivity index (χ4n) is 1.68. The van der Waals surface area contributed by atoms with Crippen LogP contribution in [0.25, 0.3) is 23.0 Å². The first-order valence-electron chi connectivity index (χ1n) is 5.52. The monoisotopic (exact) mass is 259 g/mol. The third kappa shape index (κ3) is 2.05. The van der Waals surface area contributed by atoms with Crippen molar-refractivity contribution in [3.8, 4) is 23.0 Å². The Morgan fingerprint density at radius 1 is 1.32 bits per heavy atom. The minimum absolute atomic E-state index is 0.0955. The van der Waals surface area contributed by atoms with Crippen molar-refractivity contribution in [1.82, 2.24) is 19.9 Å². The molecule has 3 aromatic rings. The molecule has 0 aliphatic carbocycles. The van der Waals surface area contributed by atoms with Gasteiger partial charge in [0.15, 0.2) is 0 Å². The van der Waals surface area contributed by atoms with Gasteiger partial charge in [-0.05, 0) is 24.3 Å². The highest BCUT2D eigenvalue weighted by Gasteiger charge is 2.15. The Kier molecular flexibility index (Phi) is 2.52. The lowest BCUT2D eigenvalue weighted by Gasteiger charge is -1.97. The van der Waals surface area contributed by atoms with Gasteiger partial charge in [-0.2, -0.15) is 10.1 Å². The van der Waals surface area contributed by atoms with Gasteiger partial charge in [0.2, 0.25) is 5.82 Å². The van der Waals surface area contributed by atoms with Crippen molar-refractivity contribution in [2.75, 3.05) is 5.73 Å². The minimum atomic E-state index is -0.503. The van der Waals surface area contributed by atoms with Crippen LogP contribution in [0.5, 0.6) is 0 Å². The van der Waals surface area contributed by atoms with Crippen LogP contribution in [0.3, 0.4) is 0 Å². The maximum atomic E-state index is 13.7. The molecule has 7 heteroatoms. The molecule has 2 N–H and O–H groups in total. The topological polar surface area (TPSA) is 82.8 Å². The zero-order valence-electron chi connectivity index (χ0n) is 10.0. The number of benzene rings is 1. The number of aryl methyl sites for hydroxylation is 1. The van der Waals surface area contributed by atoms with Gasteiger partial charge in [-0.25, -0.2) is 4.39 Å². The summed E-state index contributed by atoms with van der Waals surface area (Å²) in [6.07, 6.45) is 1.76. The van der Waals surface area contributed by atoms with Gasteiger partial charge in [0.1, 0.15) is 11.5 Å². The molecular formula is C12H10FN5O. The largest absolute Gasteiger partial charge is 0.399 e. The number of nitrogens with two attached hydrogens (primary N) is 1. The number of anilines is 1. The van der Waals surface area contributed by atoms with Crippen LogP contribution in [0, 0.1) is 5.82 Å². The first-order chi connectivity index (χ1) is 9.13. The van der Waals surface area contributed by atoms with Crippen LogP contribution < -0.4 is 5.73 Å². The molecule has 0 fully saturated rings. The molecule has 0 saturated heterocycles. The fraction of sp³-hybridized carbons (Fsp3) is 0.0833. The molecule has 2 aromatic heterocycles. The van der Waals surface area contributed by atoms with E-state index in [-0.39, 0.29) is 11.5 Å². The van der Waals surface area contributed by atoms with Crippen LogP contribution in [0.15, 0.2) is 35.0 Å². The van der Waals surface area contributed by atoms with E-state index in [4.69, 9.17) is 10.3 Å². The maximum Gasteiger partial charge on any atom is 0.261 e. The molecule has 0 bridgehead atoms. The van der Waals surface area contributed by atoms with Crippen LogP contribution in [0.4, 0.5) is 10.1 Å². The van der Waals surface area contributed by atoms with E-state index < -0.39 is 5.82 Å². The SMILES string of the molecule is Cn1ccc(-c2noc(-c3ccc(N)cc3F)n2)n1. The zero-order chi connectivity index (χ0) is 13.4. The Morgan fingerprint density at radius 3 is 2.84 bits per heavy atom. The van der Waals surface area contributed by atoms with E-state index in [0.29, 0.717) is 17.2 Å². The van der Waals surface area contributed by atoms with Gasteiger partial charge in [0.25, 0.3) is 5.89 Å². The first kappa shape index (κ1) is 11.4. The summed E-state index contributed by atoms with van der Waals surface area (Å²) < 4.78 is 20.4. The number of rotatable bonds is 2. The second-order valence-electron chi connectivity index (χ2n) is 4.04. The van der Waals surface area contributed by atoms with Crippen molar-refractivity contribution in [2.24, 2.45) is 7.05 Å². The number of hydrogen-bond acceptors (Lipinski definition) is 5. The highest BCUT2D eigenvalue weighted by molar-refractivity contribution is 5.60. The maximum absolute atomic E-state index is 13.7. The second-order valence-corrected chi connectivity index (χ2v) is 4.04. The summed E-state index contributed by atoms with van der Waals surface area (Å²) in [4.78, 5) is 4.12. The van der Waals surface area contributed by atoms with Gasteiger partial charge in [-0.1, -0.05) is 5.16 Å². The molecule has 0 saturated carbocycles. The fourth-order valence-corrected chi connectivity index (χ4v) is 1.68. The summed E-state index contributed by atoms with van der Waals surface area (Å²) in [5, 5.41) is 7.92. The average molecular weight is 259 g/mol. The lowest BCUT2D eigenvalue weighted by molar-refractivity contribution is 0.429. The van der Waals surface area contributed by atoms with Crippen molar-refractivity contribution >= 4 is 5.69 Å². The molecule has 2 heterocycles. The number of aromatic nitrogens is 4. The Morgan fingerprint density at radius 2 is 2.16 bits per heavy atom. The van der Waals surface area contributed by atoms with E-state index in [1.807, 2.05) is 0 Å². The predicted molar refractivity (Wildman–Crippen MR) is 66.3 cm³/mol. The summed E-state index contributed by atoms with van der Waals surface area (Å²) in [6.45, 7) is 0. The van der Waals surface area contributed by atoms with E-state index >= 15 is 0 Å². The molecule has 0 radical (unpaired) electrons. The number of hydrogen-bond donors (Lipinski definition) is 1. The molecule has 0 amide bonds. The molecule has 0 unspecified atom stereocenters. The lowest BCUT2D eigenvalue weighted by Crippen LogP contribution is -1.90. The van der Waals surface area contributed by atoms with E-state index in [1.54, 1.807) is 30.1 Å². The van der Waals surface area contributed by atoms with Gasteiger partial charge >= 0.3 is 0 Å². The van der Waals surface area contributed by atoms with E-state index in [2.05, 4.69) is 15.2 Å². The van der Waals surface area contributed by atoms with Gasteiger partial charge < -0.3 is 10.3 Å². The van der Waals surface area contributed by atoms with E-state index in [9.17, 15) is 4.39 Å². The second kappa shape index (κ2) is 4.20. The molecule has 0 aliphatic rings. The third-order valence-electron chi connectivity index (χ3n) is 2.59. The van der Waals surface area contributed by atoms with Gasteiger partial charge in [0, 0.05) is 18.9 Å². The van der Waals surface area contributed by atoms with Gasteiger partial charge in [-0.15, -0.1) is 0 Å². The molecule has 6 nitrogen and oxygen atoms in total. The Hall–Kier alpha value is -2.70. The van der Waals surface area contributed by atoms with Crippen molar-refractivity contribution in [3.05, 3.63) is 36.3 Å². The smallest absolute Gasteiger partial charge is 0.261 e. The van der Waals surface area contributed by atoms with Crippen LogP contribution in [0.2, 0.25) is 0 Å². The van der Waals surface area contributed by atoms with E-state index in [1.165, 1.54) is 12.1 Å². The van der Waals surface area contributed by atoms with Crippen LogP contribution >= 0.6 is 0 Å².